The van der Waals surface area contributed by atoms with Gasteiger partial charge >= 0.3 is 0 Å². The van der Waals surface area contributed by atoms with Gasteiger partial charge in [-0.25, -0.2) is 4.98 Å². The lowest BCUT2D eigenvalue weighted by molar-refractivity contribution is 0.268. The highest BCUT2D eigenvalue weighted by molar-refractivity contribution is 5.60. The molecular formula is C14H17N3. The Balaban J connectivity index is 1.96. The summed E-state index contributed by atoms with van der Waals surface area (Å²) in [6.07, 6.45) is 6.00. The van der Waals surface area contributed by atoms with Crippen molar-refractivity contribution in [3.63, 3.8) is 0 Å². The van der Waals surface area contributed by atoms with E-state index in [1.807, 2.05) is 12.5 Å². The van der Waals surface area contributed by atoms with E-state index >= 15 is 0 Å². The first-order valence-electron chi connectivity index (χ1n) is 6.08. The number of aryl methyl sites for hydroxylation is 1. The molecular weight excluding hydrogens is 210 g/mol. The van der Waals surface area contributed by atoms with Gasteiger partial charge in [-0.15, -0.1) is 0 Å². The van der Waals surface area contributed by atoms with Crippen LogP contribution >= 0.6 is 0 Å². The Morgan fingerprint density at radius 1 is 1.35 bits per heavy atom. The van der Waals surface area contributed by atoms with Crippen LogP contribution in [0.2, 0.25) is 0 Å². The van der Waals surface area contributed by atoms with E-state index in [0.717, 1.165) is 12.8 Å². The first kappa shape index (κ1) is 10.5. The summed E-state index contributed by atoms with van der Waals surface area (Å²) >= 11 is 0. The fourth-order valence-electron chi connectivity index (χ4n) is 2.48. The number of imidazole rings is 1. The standard InChI is InChI=1S/C14H17N3/c1-10-3-2-4-11(5-10)14-8-16-9-17(14)13-6-12(15)7-13/h2-5,8-9,12-13H,6-7,15H2,1H3. The number of nitrogens with two attached hydrogens (primary N) is 1. The molecule has 1 aromatic heterocycles. The van der Waals surface area contributed by atoms with Crippen molar-refractivity contribution in [1.29, 1.82) is 0 Å². The molecule has 1 aliphatic carbocycles. The van der Waals surface area contributed by atoms with Crippen LogP contribution in [0.15, 0.2) is 36.8 Å². The Morgan fingerprint density at radius 2 is 2.18 bits per heavy atom. The minimum atomic E-state index is 0.368. The number of nitrogens with zero attached hydrogens (tertiary/aromatic N) is 2. The third-order valence-corrected chi connectivity index (χ3v) is 3.52. The monoisotopic (exact) mass is 227 g/mol. The lowest BCUT2D eigenvalue weighted by Crippen LogP contribution is -2.37. The summed E-state index contributed by atoms with van der Waals surface area (Å²) in [5, 5.41) is 0. The molecule has 17 heavy (non-hydrogen) atoms. The summed E-state index contributed by atoms with van der Waals surface area (Å²) in [7, 11) is 0. The second kappa shape index (κ2) is 4.00. The molecule has 0 aliphatic heterocycles. The summed E-state index contributed by atoms with van der Waals surface area (Å²) in [6.45, 7) is 2.11. The van der Waals surface area contributed by atoms with Crippen molar-refractivity contribution >= 4 is 0 Å². The Hall–Kier alpha value is -1.61. The van der Waals surface area contributed by atoms with Crippen LogP contribution in [0.25, 0.3) is 11.3 Å². The van der Waals surface area contributed by atoms with Crippen molar-refractivity contribution in [2.45, 2.75) is 31.8 Å². The third kappa shape index (κ3) is 1.87. The molecule has 1 aliphatic rings. The Labute approximate surface area is 101 Å². The average Bonchev–Trinajstić information content (AvgIpc) is 2.73. The largest absolute Gasteiger partial charge is 0.328 e. The Kier molecular flexibility index (Phi) is 2.48. The van der Waals surface area contributed by atoms with Crippen LogP contribution in [-0.4, -0.2) is 15.6 Å². The van der Waals surface area contributed by atoms with Crippen molar-refractivity contribution in [3.8, 4) is 11.3 Å². The van der Waals surface area contributed by atoms with Crippen molar-refractivity contribution in [2.75, 3.05) is 0 Å². The second-order valence-corrected chi connectivity index (χ2v) is 4.94. The predicted molar refractivity (Wildman–Crippen MR) is 68.6 cm³/mol. The molecule has 0 radical (unpaired) electrons. The molecule has 0 unspecified atom stereocenters. The zero-order valence-corrected chi connectivity index (χ0v) is 10.0. The van der Waals surface area contributed by atoms with Crippen LogP contribution < -0.4 is 5.73 Å². The molecule has 1 fully saturated rings. The van der Waals surface area contributed by atoms with Gasteiger partial charge in [-0.3, -0.25) is 0 Å². The van der Waals surface area contributed by atoms with Crippen molar-refractivity contribution in [3.05, 3.63) is 42.4 Å². The van der Waals surface area contributed by atoms with E-state index in [1.165, 1.54) is 16.8 Å². The van der Waals surface area contributed by atoms with E-state index < -0.39 is 0 Å². The van der Waals surface area contributed by atoms with E-state index in [-0.39, 0.29) is 0 Å². The molecule has 2 N–H and O–H groups in total. The van der Waals surface area contributed by atoms with Gasteiger partial charge in [-0.1, -0.05) is 23.8 Å². The molecule has 1 heterocycles. The summed E-state index contributed by atoms with van der Waals surface area (Å²) in [5.41, 5.74) is 9.57. The summed E-state index contributed by atoms with van der Waals surface area (Å²) in [5.74, 6) is 0. The molecule has 0 spiro atoms. The van der Waals surface area contributed by atoms with Gasteiger partial charge in [-0.05, 0) is 25.8 Å². The highest BCUT2D eigenvalue weighted by Gasteiger charge is 2.28. The summed E-state index contributed by atoms with van der Waals surface area (Å²) in [4.78, 5) is 4.28. The van der Waals surface area contributed by atoms with Gasteiger partial charge in [0.15, 0.2) is 0 Å². The zero-order valence-electron chi connectivity index (χ0n) is 10.0. The van der Waals surface area contributed by atoms with Gasteiger partial charge in [0, 0.05) is 17.6 Å². The van der Waals surface area contributed by atoms with Crippen LogP contribution in [0, 0.1) is 6.92 Å². The SMILES string of the molecule is Cc1cccc(-c2cncn2C2CC(N)C2)c1. The summed E-state index contributed by atoms with van der Waals surface area (Å²) in [6, 6.07) is 9.44. The number of rotatable bonds is 2. The van der Waals surface area contributed by atoms with Crippen LogP contribution in [0.5, 0.6) is 0 Å². The Morgan fingerprint density at radius 3 is 2.88 bits per heavy atom. The lowest BCUT2D eigenvalue weighted by Gasteiger charge is -2.34. The average molecular weight is 227 g/mol. The van der Waals surface area contributed by atoms with E-state index in [4.69, 9.17) is 5.73 Å². The van der Waals surface area contributed by atoms with Gasteiger partial charge in [0.2, 0.25) is 0 Å². The van der Waals surface area contributed by atoms with Crippen molar-refractivity contribution < 1.29 is 0 Å². The molecule has 1 aromatic carbocycles. The second-order valence-electron chi connectivity index (χ2n) is 4.94. The molecule has 88 valence electrons. The molecule has 0 saturated heterocycles. The molecule has 0 amide bonds. The highest BCUT2D eigenvalue weighted by Crippen LogP contribution is 2.34. The molecule has 0 bridgehead atoms. The van der Waals surface area contributed by atoms with Gasteiger partial charge in [0.05, 0.1) is 18.2 Å². The van der Waals surface area contributed by atoms with E-state index in [1.54, 1.807) is 0 Å². The highest BCUT2D eigenvalue weighted by atomic mass is 15.1. The van der Waals surface area contributed by atoms with Gasteiger partial charge in [-0.2, -0.15) is 0 Å². The maximum atomic E-state index is 5.85. The first-order valence-corrected chi connectivity index (χ1v) is 6.08. The number of hydrogen-bond donors (Lipinski definition) is 1. The maximum Gasteiger partial charge on any atom is 0.0953 e. The molecule has 2 aromatic rings. The zero-order chi connectivity index (χ0) is 11.8. The van der Waals surface area contributed by atoms with Gasteiger partial charge in [0.1, 0.15) is 0 Å². The number of benzene rings is 1. The van der Waals surface area contributed by atoms with E-state index in [9.17, 15) is 0 Å². The fraction of sp³-hybridized carbons (Fsp3) is 0.357. The van der Waals surface area contributed by atoms with Crippen molar-refractivity contribution in [1.82, 2.24) is 9.55 Å². The number of hydrogen-bond acceptors (Lipinski definition) is 2. The van der Waals surface area contributed by atoms with Crippen LogP contribution in [0.1, 0.15) is 24.4 Å². The molecule has 1 saturated carbocycles. The first-order chi connectivity index (χ1) is 8.24. The van der Waals surface area contributed by atoms with Gasteiger partial charge in [0.25, 0.3) is 0 Å². The Bertz CT molecular complexity index is 524. The minimum Gasteiger partial charge on any atom is -0.328 e. The minimum absolute atomic E-state index is 0.368. The predicted octanol–water partition coefficient (Wildman–Crippen LogP) is 2.52. The number of aromatic nitrogens is 2. The molecule has 3 nitrogen and oxygen atoms in total. The molecule has 3 rings (SSSR count). The topological polar surface area (TPSA) is 43.8 Å². The van der Waals surface area contributed by atoms with E-state index in [0.29, 0.717) is 12.1 Å². The van der Waals surface area contributed by atoms with Crippen molar-refractivity contribution in [2.24, 2.45) is 5.73 Å². The normalized spacial score (nSPS) is 23.4. The third-order valence-electron chi connectivity index (χ3n) is 3.52. The fourth-order valence-corrected chi connectivity index (χ4v) is 2.48. The lowest BCUT2D eigenvalue weighted by atomic mass is 9.87. The van der Waals surface area contributed by atoms with Crippen LogP contribution in [-0.2, 0) is 0 Å². The smallest absolute Gasteiger partial charge is 0.0953 e. The summed E-state index contributed by atoms with van der Waals surface area (Å²) < 4.78 is 2.26. The quantitative estimate of drug-likeness (QED) is 0.856. The maximum absolute atomic E-state index is 5.85. The van der Waals surface area contributed by atoms with E-state index in [2.05, 4.69) is 40.7 Å². The molecule has 0 atom stereocenters. The van der Waals surface area contributed by atoms with Crippen LogP contribution in [0.4, 0.5) is 0 Å². The molecule has 3 heteroatoms. The van der Waals surface area contributed by atoms with Crippen LogP contribution in [0.3, 0.4) is 0 Å². The van der Waals surface area contributed by atoms with Gasteiger partial charge < -0.3 is 10.3 Å².